The van der Waals surface area contributed by atoms with Crippen LogP contribution in [0.2, 0.25) is 0 Å². The lowest BCUT2D eigenvalue weighted by Gasteiger charge is -2.23. The van der Waals surface area contributed by atoms with Gasteiger partial charge in [0, 0.05) is 44.2 Å². The summed E-state index contributed by atoms with van der Waals surface area (Å²) < 4.78 is 34.1. The number of carbonyl (C=O) groups is 1. The Morgan fingerprint density at radius 2 is 2.03 bits per heavy atom. The fourth-order valence-corrected chi connectivity index (χ4v) is 3.78. The Labute approximate surface area is 178 Å². The van der Waals surface area contributed by atoms with E-state index in [1.807, 2.05) is 10.7 Å². The van der Waals surface area contributed by atoms with Crippen LogP contribution in [0.25, 0.3) is 11.0 Å². The molecule has 3 aromatic rings. The number of anilines is 3. The number of halogens is 2. The largest absolute Gasteiger partial charge is 0.398 e. The predicted octanol–water partition coefficient (Wildman–Crippen LogP) is 3.43. The van der Waals surface area contributed by atoms with Gasteiger partial charge in [0.2, 0.25) is 0 Å². The van der Waals surface area contributed by atoms with Gasteiger partial charge in [0.1, 0.15) is 11.2 Å². The lowest BCUT2D eigenvalue weighted by Crippen LogP contribution is -2.21. The van der Waals surface area contributed by atoms with Crippen molar-refractivity contribution in [3.05, 3.63) is 41.6 Å². The molecule has 3 heterocycles. The average molecular weight is 430 g/mol. The number of aromatic nitrogens is 3. The maximum Gasteiger partial charge on any atom is 0.269 e. The van der Waals surface area contributed by atoms with Crippen LogP contribution in [0, 0.1) is 0 Å². The summed E-state index contributed by atoms with van der Waals surface area (Å²) in [6.45, 7) is 1.27. The van der Waals surface area contributed by atoms with E-state index in [1.165, 1.54) is 19.2 Å². The first-order chi connectivity index (χ1) is 14.9. The number of nitrogens with zero attached hydrogens (tertiary/aromatic N) is 4. The monoisotopic (exact) mass is 430 g/mol. The van der Waals surface area contributed by atoms with Crippen LogP contribution in [0.5, 0.6) is 0 Å². The minimum Gasteiger partial charge on any atom is -0.398 e. The second kappa shape index (κ2) is 8.46. The molecule has 8 nitrogen and oxygen atoms in total. The van der Waals surface area contributed by atoms with E-state index >= 15 is 0 Å². The summed E-state index contributed by atoms with van der Waals surface area (Å²) in [5, 5.41) is 7.35. The van der Waals surface area contributed by atoms with E-state index in [0.717, 1.165) is 18.4 Å². The van der Waals surface area contributed by atoms with Crippen molar-refractivity contribution in [2.75, 3.05) is 37.9 Å². The molecule has 31 heavy (non-hydrogen) atoms. The zero-order valence-corrected chi connectivity index (χ0v) is 17.3. The standard InChI is InChI=1S/C21H24F2N6O2/c1-25-21(30)16-5-6-17-18(26-16)20(27-29(17)12-7-9-31-10-8-12)28(2)13-3-4-15(24)14(11-13)19(22)23/h3-6,11-12,19H,7-10,24H2,1-2H3,(H,25,30). The minimum absolute atomic E-state index is 0.0322. The number of rotatable bonds is 5. The molecule has 0 bridgehead atoms. The van der Waals surface area contributed by atoms with E-state index in [-0.39, 0.29) is 28.9 Å². The van der Waals surface area contributed by atoms with E-state index in [9.17, 15) is 13.6 Å². The molecular weight excluding hydrogens is 406 g/mol. The van der Waals surface area contributed by atoms with Gasteiger partial charge < -0.3 is 20.7 Å². The van der Waals surface area contributed by atoms with Crippen LogP contribution in [0.15, 0.2) is 30.3 Å². The van der Waals surface area contributed by atoms with Crippen LogP contribution < -0.4 is 16.0 Å². The zero-order chi connectivity index (χ0) is 22.1. The van der Waals surface area contributed by atoms with Gasteiger partial charge in [-0.25, -0.2) is 13.8 Å². The fraction of sp³-hybridized carbons (Fsp3) is 0.381. The van der Waals surface area contributed by atoms with Crippen LogP contribution in [-0.4, -0.2) is 48.0 Å². The van der Waals surface area contributed by atoms with E-state index in [4.69, 9.17) is 15.6 Å². The number of nitrogens with one attached hydrogen (secondary N) is 1. The van der Waals surface area contributed by atoms with Gasteiger partial charge >= 0.3 is 0 Å². The van der Waals surface area contributed by atoms with Crippen molar-refractivity contribution in [2.45, 2.75) is 25.3 Å². The minimum atomic E-state index is -2.69. The predicted molar refractivity (Wildman–Crippen MR) is 114 cm³/mol. The first kappa shape index (κ1) is 21.0. The number of carbonyl (C=O) groups excluding carboxylic acids is 1. The Morgan fingerprint density at radius 1 is 1.29 bits per heavy atom. The van der Waals surface area contributed by atoms with Crippen molar-refractivity contribution in [2.24, 2.45) is 0 Å². The van der Waals surface area contributed by atoms with Crippen LogP contribution in [0.3, 0.4) is 0 Å². The number of hydrogen-bond donors (Lipinski definition) is 2. The summed E-state index contributed by atoms with van der Waals surface area (Å²) in [5.41, 5.74) is 7.53. The van der Waals surface area contributed by atoms with Crippen LogP contribution in [0.4, 0.5) is 26.0 Å². The molecule has 0 radical (unpaired) electrons. The molecule has 1 aliphatic rings. The average Bonchev–Trinajstić information content (AvgIpc) is 3.17. The topological polar surface area (TPSA) is 98.3 Å². The first-order valence-corrected chi connectivity index (χ1v) is 10.0. The van der Waals surface area contributed by atoms with E-state index in [2.05, 4.69) is 10.3 Å². The quantitative estimate of drug-likeness (QED) is 0.602. The third kappa shape index (κ3) is 3.90. The summed E-state index contributed by atoms with van der Waals surface area (Å²) in [7, 11) is 3.26. The molecule has 4 rings (SSSR count). The molecule has 2 aromatic heterocycles. The molecular formula is C21H24F2N6O2. The third-order valence-corrected chi connectivity index (χ3v) is 5.54. The summed E-state index contributed by atoms with van der Waals surface area (Å²) in [5.74, 6) is 0.152. The Hall–Kier alpha value is -3.27. The van der Waals surface area contributed by atoms with Crippen molar-refractivity contribution >= 4 is 34.1 Å². The molecule has 164 valence electrons. The second-order valence-corrected chi connectivity index (χ2v) is 7.43. The Kier molecular flexibility index (Phi) is 5.73. The molecule has 0 spiro atoms. The van der Waals surface area contributed by atoms with Crippen molar-refractivity contribution in [1.82, 2.24) is 20.1 Å². The number of pyridine rings is 1. The van der Waals surface area contributed by atoms with Gasteiger partial charge in [0.05, 0.1) is 11.6 Å². The smallest absolute Gasteiger partial charge is 0.269 e. The molecule has 0 atom stereocenters. The van der Waals surface area contributed by atoms with Crippen LogP contribution in [0.1, 0.15) is 41.4 Å². The number of ether oxygens (including phenoxy) is 1. The van der Waals surface area contributed by atoms with Crippen molar-refractivity contribution in [3.8, 4) is 0 Å². The molecule has 0 aliphatic carbocycles. The Balaban J connectivity index is 1.85. The summed E-state index contributed by atoms with van der Waals surface area (Å²) in [4.78, 5) is 18.4. The molecule has 0 saturated carbocycles. The first-order valence-electron chi connectivity index (χ1n) is 10.0. The maximum atomic E-state index is 13.4. The summed E-state index contributed by atoms with van der Waals surface area (Å²) in [6.07, 6.45) is -1.09. The Morgan fingerprint density at radius 3 is 2.71 bits per heavy atom. The van der Waals surface area contributed by atoms with Gasteiger partial charge in [-0.15, -0.1) is 0 Å². The molecule has 1 aromatic carbocycles. The lowest BCUT2D eigenvalue weighted by atomic mass is 10.1. The fourth-order valence-electron chi connectivity index (χ4n) is 3.78. The molecule has 3 N–H and O–H groups in total. The van der Waals surface area contributed by atoms with E-state index in [0.29, 0.717) is 30.2 Å². The molecule has 10 heteroatoms. The highest BCUT2D eigenvalue weighted by Gasteiger charge is 2.25. The normalized spacial score (nSPS) is 14.9. The molecule has 1 fully saturated rings. The summed E-state index contributed by atoms with van der Waals surface area (Å²) >= 11 is 0. The number of nitrogens with two attached hydrogens (primary N) is 1. The third-order valence-electron chi connectivity index (χ3n) is 5.54. The Bertz CT molecular complexity index is 1110. The molecule has 1 amide bonds. The van der Waals surface area contributed by atoms with Crippen LogP contribution in [-0.2, 0) is 4.74 Å². The maximum absolute atomic E-state index is 13.4. The van der Waals surface area contributed by atoms with Gasteiger partial charge in [-0.05, 0) is 43.2 Å². The van der Waals surface area contributed by atoms with Gasteiger partial charge in [-0.2, -0.15) is 5.10 Å². The van der Waals surface area contributed by atoms with E-state index < -0.39 is 6.43 Å². The van der Waals surface area contributed by atoms with Crippen molar-refractivity contribution in [1.29, 1.82) is 0 Å². The van der Waals surface area contributed by atoms with Gasteiger partial charge in [-0.3, -0.25) is 9.48 Å². The number of alkyl halides is 2. The number of amides is 1. The van der Waals surface area contributed by atoms with Gasteiger partial charge in [0.25, 0.3) is 12.3 Å². The van der Waals surface area contributed by atoms with Crippen molar-refractivity contribution in [3.63, 3.8) is 0 Å². The van der Waals surface area contributed by atoms with Crippen LogP contribution >= 0.6 is 0 Å². The summed E-state index contributed by atoms with van der Waals surface area (Å²) in [6, 6.07) is 8.05. The molecule has 1 saturated heterocycles. The number of fused-ring (bicyclic) bond motifs is 1. The molecule has 0 unspecified atom stereocenters. The SMILES string of the molecule is CNC(=O)c1ccc2c(n1)c(N(C)c1ccc(N)c(C(F)F)c1)nn2C1CCOCC1. The molecule has 1 aliphatic heterocycles. The van der Waals surface area contributed by atoms with Crippen molar-refractivity contribution < 1.29 is 18.3 Å². The second-order valence-electron chi connectivity index (χ2n) is 7.43. The zero-order valence-electron chi connectivity index (χ0n) is 17.3. The highest BCUT2D eigenvalue weighted by atomic mass is 19.3. The van der Waals surface area contributed by atoms with Gasteiger partial charge in [0.15, 0.2) is 5.82 Å². The number of hydrogen-bond acceptors (Lipinski definition) is 6. The van der Waals surface area contributed by atoms with Gasteiger partial charge in [-0.1, -0.05) is 0 Å². The number of benzene rings is 1. The highest BCUT2D eigenvalue weighted by Crippen LogP contribution is 2.35. The van der Waals surface area contributed by atoms with E-state index in [1.54, 1.807) is 24.1 Å². The lowest BCUT2D eigenvalue weighted by molar-refractivity contribution is 0.0675. The number of nitrogen functional groups attached to an aromatic ring is 1. The highest BCUT2D eigenvalue weighted by molar-refractivity contribution is 5.97.